The average Bonchev–Trinajstić information content (AvgIpc) is 2.61. The number of ether oxygens (including phenoxy) is 1. The van der Waals surface area contributed by atoms with E-state index >= 15 is 0 Å². The second-order valence-electron chi connectivity index (χ2n) is 5.72. The molecule has 1 rings (SSSR count). The van der Waals surface area contributed by atoms with Crippen molar-refractivity contribution in [2.45, 2.75) is 44.7 Å². The molecule has 140 valence electrons. The molecule has 26 heavy (non-hydrogen) atoms. The molecular weight excluding hydrogens is 341 g/mol. The van der Waals surface area contributed by atoms with Gasteiger partial charge in [-0.2, -0.15) is 5.26 Å². The van der Waals surface area contributed by atoms with Crippen molar-refractivity contribution in [2.75, 3.05) is 7.11 Å². The van der Waals surface area contributed by atoms with Crippen molar-refractivity contribution in [1.82, 2.24) is 10.6 Å². The lowest BCUT2D eigenvalue weighted by Gasteiger charge is -2.22. The third-order valence-electron chi connectivity index (χ3n) is 3.63. The highest BCUT2D eigenvalue weighted by Crippen LogP contribution is 2.08. The first-order valence-corrected chi connectivity index (χ1v) is 8.14. The molecule has 0 aromatic heterocycles. The minimum absolute atomic E-state index is 0.137. The van der Waals surface area contributed by atoms with Gasteiger partial charge in [0.1, 0.15) is 17.9 Å². The van der Waals surface area contributed by atoms with Gasteiger partial charge >= 0.3 is 5.97 Å². The molecule has 2 atom stereocenters. The third-order valence-corrected chi connectivity index (χ3v) is 3.63. The first-order valence-electron chi connectivity index (χ1n) is 8.14. The van der Waals surface area contributed by atoms with Crippen LogP contribution < -0.4 is 10.6 Å². The largest absolute Gasteiger partial charge is 0.467 e. The zero-order valence-corrected chi connectivity index (χ0v) is 14.8. The van der Waals surface area contributed by atoms with Crippen molar-refractivity contribution >= 4 is 17.8 Å². The lowest BCUT2D eigenvalue weighted by molar-refractivity contribution is -0.145. The van der Waals surface area contributed by atoms with Crippen molar-refractivity contribution in [2.24, 2.45) is 0 Å². The normalized spacial score (nSPS) is 12.4. The van der Waals surface area contributed by atoms with Crippen LogP contribution in [-0.4, -0.2) is 37.0 Å². The van der Waals surface area contributed by atoms with Crippen molar-refractivity contribution in [3.8, 4) is 6.07 Å². The van der Waals surface area contributed by atoms with E-state index in [1.54, 1.807) is 0 Å². The van der Waals surface area contributed by atoms with Gasteiger partial charge in [-0.15, -0.1) is 0 Å². The number of nitrogens with one attached hydrogen (secondary N) is 2. The van der Waals surface area contributed by atoms with E-state index in [0.717, 1.165) is 0 Å². The summed E-state index contributed by atoms with van der Waals surface area (Å²) in [5, 5.41) is 13.7. The van der Waals surface area contributed by atoms with Crippen LogP contribution in [0.5, 0.6) is 0 Å². The number of esters is 1. The molecule has 0 radical (unpaired) electrons. The number of unbranched alkanes of at least 4 members (excludes halogenated alkanes) is 1. The quantitative estimate of drug-likeness (QED) is 0.507. The molecular formula is C18H22FN3O4. The Balaban J connectivity index is 2.84. The predicted octanol–water partition coefficient (Wildman–Crippen LogP) is 1.22. The zero-order chi connectivity index (χ0) is 19.5. The monoisotopic (exact) mass is 363 g/mol. The Kier molecular flexibility index (Phi) is 8.78. The van der Waals surface area contributed by atoms with Crippen LogP contribution in [0.2, 0.25) is 0 Å². The number of carbonyl (C=O) groups excluding carboxylic acids is 3. The molecule has 0 saturated carbocycles. The molecule has 0 heterocycles. The lowest BCUT2D eigenvalue weighted by atomic mass is 10.0. The third kappa shape index (κ3) is 7.30. The van der Waals surface area contributed by atoms with Gasteiger partial charge in [0.2, 0.25) is 11.8 Å². The van der Waals surface area contributed by atoms with Crippen LogP contribution in [0.3, 0.4) is 0 Å². The van der Waals surface area contributed by atoms with Crippen molar-refractivity contribution < 1.29 is 23.5 Å². The van der Waals surface area contributed by atoms with Gasteiger partial charge in [-0.3, -0.25) is 9.59 Å². The molecule has 1 aromatic carbocycles. The molecule has 0 saturated heterocycles. The maximum Gasteiger partial charge on any atom is 0.328 e. The van der Waals surface area contributed by atoms with Gasteiger partial charge in [-0.1, -0.05) is 12.1 Å². The van der Waals surface area contributed by atoms with Crippen LogP contribution in [0, 0.1) is 17.1 Å². The number of rotatable bonds is 9. The van der Waals surface area contributed by atoms with E-state index in [0.29, 0.717) is 12.0 Å². The standard InChI is InChI=1S/C18H22FN3O4/c1-12(23)21-16(11-13-6-8-14(19)9-7-13)17(24)22-15(18(25)26-2)5-3-4-10-20/h6-9,15-16H,3-5,11H2,1-2H3,(H,21,23)(H,22,24)/t15-,16-/m1/s1. The van der Waals surface area contributed by atoms with E-state index in [2.05, 4.69) is 15.4 Å². The molecule has 8 heteroatoms. The number of nitriles is 1. The molecule has 0 aliphatic carbocycles. The van der Waals surface area contributed by atoms with E-state index in [1.165, 1.54) is 38.3 Å². The molecule has 0 fully saturated rings. The van der Waals surface area contributed by atoms with Gasteiger partial charge in [0.15, 0.2) is 0 Å². The summed E-state index contributed by atoms with van der Waals surface area (Å²) >= 11 is 0. The number of halogens is 1. The summed E-state index contributed by atoms with van der Waals surface area (Å²) in [6.07, 6.45) is 1.04. The number of benzene rings is 1. The number of amides is 2. The van der Waals surface area contributed by atoms with Crippen molar-refractivity contribution in [3.63, 3.8) is 0 Å². The van der Waals surface area contributed by atoms with Crippen LogP contribution in [0.25, 0.3) is 0 Å². The summed E-state index contributed by atoms with van der Waals surface area (Å²) in [6.45, 7) is 1.27. The molecule has 1 aromatic rings. The second-order valence-corrected chi connectivity index (χ2v) is 5.72. The Bertz CT molecular complexity index is 670. The van der Waals surface area contributed by atoms with Crippen LogP contribution in [0.4, 0.5) is 4.39 Å². The summed E-state index contributed by atoms with van der Waals surface area (Å²) in [6, 6.07) is 5.68. The fourth-order valence-electron chi connectivity index (χ4n) is 2.36. The van der Waals surface area contributed by atoms with Gasteiger partial charge in [0.05, 0.1) is 13.2 Å². The van der Waals surface area contributed by atoms with E-state index in [1.807, 2.05) is 6.07 Å². The van der Waals surface area contributed by atoms with E-state index in [4.69, 9.17) is 5.26 Å². The van der Waals surface area contributed by atoms with E-state index in [-0.39, 0.29) is 19.3 Å². The Morgan fingerprint density at radius 3 is 2.38 bits per heavy atom. The maximum absolute atomic E-state index is 13.0. The summed E-state index contributed by atoms with van der Waals surface area (Å²) < 4.78 is 17.7. The molecule has 0 unspecified atom stereocenters. The first kappa shape index (κ1) is 21.1. The summed E-state index contributed by atoms with van der Waals surface area (Å²) in [4.78, 5) is 35.8. The second kappa shape index (κ2) is 10.8. The minimum Gasteiger partial charge on any atom is -0.467 e. The molecule has 0 bridgehead atoms. The Labute approximate surface area is 151 Å². The van der Waals surface area contributed by atoms with Crippen LogP contribution in [-0.2, 0) is 25.5 Å². The Morgan fingerprint density at radius 2 is 1.85 bits per heavy atom. The van der Waals surface area contributed by atoms with E-state index in [9.17, 15) is 18.8 Å². The van der Waals surface area contributed by atoms with Gasteiger partial charge in [0.25, 0.3) is 0 Å². The van der Waals surface area contributed by atoms with Gasteiger partial charge in [-0.05, 0) is 30.5 Å². The molecule has 2 amide bonds. The summed E-state index contributed by atoms with van der Waals surface area (Å²) in [5.74, 6) is -2.00. The van der Waals surface area contributed by atoms with Gasteiger partial charge in [-0.25, -0.2) is 9.18 Å². The Hall–Kier alpha value is -2.95. The number of hydrogen-bond donors (Lipinski definition) is 2. The molecule has 0 aliphatic rings. The minimum atomic E-state index is -0.930. The SMILES string of the molecule is COC(=O)[C@@H](CCCC#N)NC(=O)[C@@H](Cc1ccc(F)cc1)NC(C)=O. The Morgan fingerprint density at radius 1 is 1.19 bits per heavy atom. The highest BCUT2D eigenvalue weighted by atomic mass is 19.1. The van der Waals surface area contributed by atoms with E-state index < -0.39 is 35.7 Å². The predicted molar refractivity (Wildman–Crippen MR) is 91.1 cm³/mol. The maximum atomic E-state index is 13.0. The van der Waals surface area contributed by atoms with Gasteiger partial charge < -0.3 is 15.4 Å². The topological polar surface area (TPSA) is 108 Å². The number of carbonyl (C=O) groups is 3. The fourth-order valence-corrected chi connectivity index (χ4v) is 2.36. The highest BCUT2D eigenvalue weighted by molar-refractivity contribution is 5.90. The molecule has 2 N–H and O–H groups in total. The number of methoxy groups -OCH3 is 1. The summed E-state index contributed by atoms with van der Waals surface area (Å²) in [5.41, 5.74) is 0.652. The number of nitrogens with zero attached hydrogens (tertiary/aromatic N) is 1. The van der Waals surface area contributed by atoms with Crippen LogP contribution >= 0.6 is 0 Å². The summed E-state index contributed by atoms with van der Waals surface area (Å²) in [7, 11) is 1.20. The smallest absolute Gasteiger partial charge is 0.328 e. The molecule has 0 spiro atoms. The van der Waals surface area contributed by atoms with Crippen molar-refractivity contribution in [1.29, 1.82) is 5.26 Å². The van der Waals surface area contributed by atoms with Crippen molar-refractivity contribution in [3.05, 3.63) is 35.6 Å². The highest BCUT2D eigenvalue weighted by Gasteiger charge is 2.26. The van der Waals surface area contributed by atoms with Crippen LogP contribution in [0.1, 0.15) is 31.7 Å². The molecule has 0 aliphatic heterocycles. The zero-order valence-electron chi connectivity index (χ0n) is 14.8. The lowest BCUT2D eigenvalue weighted by Crippen LogP contribution is -2.52. The molecule has 7 nitrogen and oxygen atoms in total. The van der Waals surface area contributed by atoms with Crippen LogP contribution in [0.15, 0.2) is 24.3 Å². The fraction of sp³-hybridized carbons (Fsp3) is 0.444. The average molecular weight is 363 g/mol. The van der Waals surface area contributed by atoms with Gasteiger partial charge in [0, 0.05) is 19.8 Å². The number of hydrogen-bond acceptors (Lipinski definition) is 5. The first-order chi connectivity index (χ1) is 12.4.